The van der Waals surface area contributed by atoms with Crippen molar-refractivity contribution in [2.45, 2.75) is 66.5 Å². The minimum Gasteiger partial charge on any atom is -0.497 e. The third-order valence-electron chi connectivity index (χ3n) is 9.22. The highest BCUT2D eigenvalue weighted by Gasteiger charge is 2.34. The van der Waals surface area contributed by atoms with Gasteiger partial charge in [-0.15, -0.1) is 0 Å². The van der Waals surface area contributed by atoms with Crippen LogP contribution in [0.4, 0.5) is 0 Å². The lowest BCUT2D eigenvalue weighted by Crippen LogP contribution is -2.51. The van der Waals surface area contributed by atoms with Crippen molar-refractivity contribution in [2.75, 3.05) is 27.9 Å². The summed E-state index contributed by atoms with van der Waals surface area (Å²) >= 11 is 0. The zero-order valence-electron chi connectivity index (χ0n) is 31.8. The molecule has 272 valence electrons. The van der Waals surface area contributed by atoms with Crippen LogP contribution in [0.15, 0.2) is 120 Å². The number of carbonyl (C=O) groups is 1. The second kappa shape index (κ2) is 17.2. The highest BCUT2D eigenvalue weighted by atomic mass is 31.2. The molecule has 2 N–H and O–H groups in total. The van der Waals surface area contributed by atoms with Crippen molar-refractivity contribution in [1.82, 2.24) is 10.6 Å². The predicted molar refractivity (Wildman–Crippen MR) is 214 cm³/mol. The Hall–Kier alpha value is -4.48. The van der Waals surface area contributed by atoms with Crippen LogP contribution in [-0.2, 0) is 11.2 Å². The average molecular weight is 710 g/mol. The Labute approximate surface area is 305 Å². The van der Waals surface area contributed by atoms with Gasteiger partial charge in [0.2, 0.25) is 0 Å². The lowest BCUT2D eigenvalue weighted by Gasteiger charge is -2.37. The summed E-state index contributed by atoms with van der Waals surface area (Å²) in [6.45, 7) is 17.7. The summed E-state index contributed by atoms with van der Waals surface area (Å²) in [7, 11) is 2.43. The van der Waals surface area contributed by atoms with Crippen LogP contribution in [0.25, 0.3) is 0 Å². The van der Waals surface area contributed by atoms with Gasteiger partial charge >= 0.3 is 0 Å². The van der Waals surface area contributed by atoms with E-state index in [9.17, 15) is 4.79 Å². The van der Waals surface area contributed by atoms with E-state index in [-0.39, 0.29) is 22.7 Å². The van der Waals surface area contributed by atoms with E-state index in [1.165, 1.54) is 0 Å². The molecule has 4 aromatic rings. The first-order valence-electron chi connectivity index (χ1n) is 17.5. The predicted octanol–water partition coefficient (Wildman–Crippen LogP) is 7.87. The molecule has 0 amide bonds. The van der Waals surface area contributed by atoms with Crippen molar-refractivity contribution in [3.05, 3.63) is 121 Å². The van der Waals surface area contributed by atoms with Crippen LogP contribution in [0.2, 0.25) is 0 Å². The van der Waals surface area contributed by atoms with Gasteiger partial charge < -0.3 is 24.8 Å². The van der Waals surface area contributed by atoms with Gasteiger partial charge in [0.05, 0.1) is 52.8 Å². The summed E-state index contributed by atoms with van der Waals surface area (Å²) in [5.41, 5.74) is 0.623. The van der Waals surface area contributed by atoms with Gasteiger partial charge in [-0.2, -0.15) is 0 Å². The van der Waals surface area contributed by atoms with Gasteiger partial charge in [-0.1, -0.05) is 78.5 Å². The second-order valence-corrected chi connectivity index (χ2v) is 18.1. The maximum atomic E-state index is 13.7. The summed E-state index contributed by atoms with van der Waals surface area (Å²) in [6, 6.07) is 34.4. The number of ether oxygens (including phenoxy) is 3. The molecule has 2 atom stereocenters. The molecule has 0 radical (unpaired) electrons. The Morgan fingerprint density at radius 1 is 0.667 bits per heavy atom. The summed E-state index contributed by atoms with van der Waals surface area (Å²) in [5.74, 6) is 3.12. The van der Waals surface area contributed by atoms with Gasteiger partial charge in [0, 0.05) is 22.3 Å². The summed E-state index contributed by atoms with van der Waals surface area (Å²) < 4.78 is 22.4. The van der Waals surface area contributed by atoms with Gasteiger partial charge in [0.15, 0.2) is 5.78 Å². The van der Waals surface area contributed by atoms with E-state index in [1.54, 1.807) is 21.3 Å². The van der Waals surface area contributed by atoms with Crippen molar-refractivity contribution in [2.24, 2.45) is 15.6 Å². The number of rotatable bonds is 16. The highest BCUT2D eigenvalue weighted by molar-refractivity contribution is 7.87. The molecule has 0 aliphatic carbocycles. The molecule has 0 fully saturated rings. The molecule has 8 heteroatoms. The minimum atomic E-state index is -2.61. The Morgan fingerprint density at radius 2 is 1.10 bits per heavy atom. The molecule has 0 aromatic heterocycles. The molecule has 0 heterocycles. The summed E-state index contributed by atoms with van der Waals surface area (Å²) in [5, 5.41) is 10.5. The SMILES string of the molecule is C=C(N[C@H](CN=P(c1ccc(OC)cc1)(c1ccc(OC)cc1)c1ccc(OC)cc1)C(C)(C)C)N[C@@H](C(=O)CCc1ccccc1)C(C)(C)C. The van der Waals surface area contributed by atoms with Crippen molar-refractivity contribution in [1.29, 1.82) is 0 Å². The number of hydrogen-bond acceptors (Lipinski definition) is 7. The van der Waals surface area contributed by atoms with Crippen molar-refractivity contribution in [3.63, 3.8) is 0 Å². The van der Waals surface area contributed by atoms with Crippen molar-refractivity contribution >= 4 is 28.8 Å². The molecule has 7 nitrogen and oxygen atoms in total. The van der Waals surface area contributed by atoms with Crippen LogP contribution in [0, 0.1) is 10.8 Å². The third kappa shape index (κ3) is 10.1. The molecular weight excluding hydrogens is 653 g/mol. The number of Topliss-reactive ketones (excluding diaryl/α,β-unsaturated/α-hetero) is 1. The number of methoxy groups -OCH3 is 3. The average Bonchev–Trinajstić information content (AvgIpc) is 3.12. The molecule has 0 aliphatic heterocycles. The Balaban J connectivity index is 1.75. The fourth-order valence-corrected chi connectivity index (χ4v) is 9.62. The van der Waals surface area contributed by atoms with E-state index in [4.69, 9.17) is 19.0 Å². The van der Waals surface area contributed by atoms with E-state index in [0.717, 1.165) is 38.7 Å². The largest absolute Gasteiger partial charge is 0.497 e. The smallest absolute Gasteiger partial charge is 0.155 e. The van der Waals surface area contributed by atoms with Gasteiger partial charge in [0.25, 0.3) is 0 Å². The molecule has 0 saturated carbocycles. The third-order valence-corrected chi connectivity index (χ3v) is 12.9. The van der Waals surface area contributed by atoms with Crippen LogP contribution < -0.4 is 40.8 Å². The lowest BCUT2D eigenvalue weighted by atomic mass is 9.82. The number of nitrogens with one attached hydrogen (secondary N) is 2. The quantitative estimate of drug-likeness (QED) is 0.115. The fraction of sp³-hybridized carbons (Fsp3) is 0.372. The van der Waals surface area contributed by atoms with Crippen LogP contribution in [-0.4, -0.2) is 45.7 Å². The van der Waals surface area contributed by atoms with Crippen LogP contribution in [0.3, 0.4) is 0 Å². The standard InChI is InChI=1S/C43H56N3O4P/c1-31(46-41(43(5,6)7)39(47)29-16-32-14-12-11-13-15-32)45-40(42(2,3)4)30-44-51(36-23-17-33(48-8)18-24-36,37-25-19-34(49-9)20-26-37)38-27-21-35(50-10)22-28-38/h11-15,17-28,40-41,45-46H,1,16,29-30H2,2-10H3/t40-,41+/m1/s1. The maximum absolute atomic E-state index is 13.7. The fourth-order valence-electron chi connectivity index (χ4n) is 6.09. The second-order valence-electron chi connectivity index (χ2n) is 15.0. The number of hydrogen-bond donors (Lipinski definition) is 2. The van der Waals surface area contributed by atoms with Gasteiger partial charge in [-0.25, -0.2) is 0 Å². The number of nitrogens with zero attached hydrogens (tertiary/aromatic N) is 1. The molecule has 0 aliphatic rings. The monoisotopic (exact) mass is 709 g/mol. The molecule has 0 unspecified atom stereocenters. The van der Waals surface area contributed by atoms with Crippen LogP contribution >= 0.6 is 7.05 Å². The highest BCUT2D eigenvalue weighted by Crippen LogP contribution is 2.47. The molecular formula is C43H56N3O4P. The Kier molecular flexibility index (Phi) is 13.2. The van der Waals surface area contributed by atoms with E-state index >= 15 is 0 Å². The van der Waals surface area contributed by atoms with E-state index in [0.29, 0.717) is 25.2 Å². The van der Waals surface area contributed by atoms with Crippen molar-refractivity contribution < 1.29 is 19.0 Å². The first kappa shape index (κ1) is 39.3. The molecule has 0 saturated heterocycles. The Bertz CT molecular complexity index is 1650. The summed E-state index contributed by atoms with van der Waals surface area (Å²) in [4.78, 5) is 13.7. The molecule has 4 rings (SSSR count). The zero-order valence-corrected chi connectivity index (χ0v) is 32.7. The number of ketones is 1. The molecule has 51 heavy (non-hydrogen) atoms. The van der Waals surface area contributed by atoms with Crippen LogP contribution in [0.5, 0.6) is 17.2 Å². The van der Waals surface area contributed by atoms with Crippen molar-refractivity contribution in [3.8, 4) is 17.2 Å². The normalized spacial score (nSPS) is 13.0. The number of carbonyl (C=O) groups excluding carboxylic acids is 1. The topological polar surface area (TPSA) is 81.2 Å². The first-order valence-corrected chi connectivity index (χ1v) is 19.3. The molecule has 0 spiro atoms. The maximum Gasteiger partial charge on any atom is 0.155 e. The summed E-state index contributed by atoms with van der Waals surface area (Å²) in [6.07, 6.45) is 1.15. The lowest BCUT2D eigenvalue weighted by molar-refractivity contribution is -0.123. The Morgan fingerprint density at radius 3 is 1.47 bits per heavy atom. The minimum absolute atomic E-state index is 0.119. The molecule has 0 bridgehead atoms. The van der Waals surface area contributed by atoms with E-state index in [2.05, 4.69) is 107 Å². The molecule has 4 aromatic carbocycles. The van der Waals surface area contributed by atoms with Gasteiger partial charge in [-0.3, -0.25) is 9.54 Å². The van der Waals surface area contributed by atoms with E-state index in [1.807, 2.05) is 54.6 Å². The van der Waals surface area contributed by atoms with Gasteiger partial charge in [-0.05, 0) is 95.6 Å². The van der Waals surface area contributed by atoms with E-state index < -0.39 is 13.1 Å². The van der Waals surface area contributed by atoms with Gasteiger partial charge in [0.1, 0.15) is 17.2 Å². The first-order chi connectivity index (χ1) is 24.2. The van der Waals surface area contributed by atoms with Crippen LogP contribution in [0.1, 0.15) is 53.5 Å². The zero-order chi connectivity index (χ0) is 37.2. The number of benzene rings is 4. The number of aryl methyl sites for hydroxylation is 1.